The third-order valence-corrected chi connectivity index (χ3v) is 3.05. The van der Waals surface area contributed by atoms with E-state index in [0.717, 1.165) is 22.5 Å². The van der Waals surface area contributed by atoms with Crippen molar-refractivity contribution in [3.8, 4) is 23.0 Å². The molecule has 0 radical (unpaired) electrons. The van der Waals surface area contributed by atoms with Crippen LogP contribution in [0.25, 0.3) is 23.0 Å². The fourth-order valence-corrected chi connectivity index (χ4v) is 2.08. The Bertz CT molecular complexity index is 796. The van der Waals surface area contributed by atoms with Gasteiger partial charge in [-0.1, -0.05) is 18.2 Å². The Kier molecular flexibility index (Phi) is 3.57. The van der Waals surface area contributed by atoms with Gasteiger partial charge in [0.25, 0.3) is 0 Å². The molecule has 2 heterocycles. The van der Waals surface area contributed by atoms with Crippen LogP contribution in [0.3, 0.4) is 0 Å². The summed E-state index contributed by atoms with van der Waals surface area (Å²) in [4.78, 5) is 4.02. The summed E-state index contributed by atoms with van der Waals surface area (Å²) in [6.07, 6.45) is 8.60. The van der Waals surface area contributed by atoms with Crippen molar-refractivity contribution in [1.29, 1.82) is 5.26 Å². The smallest absolute Gasteiger partial charge is 0.100 e. The van der Waals surface area contributed by atoms with Crippen molar-refractivity contribution in [3.05, 3.63) is 72.7 Å². The molecule has 4 heteroatoms. The number of benzene rings is 1. The molecule has 2 aromatic heterocycles. The summed E-state index contributed by atoms with van der Waals surface area (Å²) in [5.74, 6) is 0. The molecule has 0 spiro atoms. The number of nitriles is 1. The van der Waals surface area contributed by atoms with E-state index in [2.05, 4.69) is 10.1 Å². The summed E-state index contributed by atoms with van der Waals surface area (Å²) in [7, 11) is 0. The van der Waals surface area contributed by atoms with Crippen LogP contribution in [0.4, 0.5) is 0 Å². The lowest BCUT2D eigenvalue weighted by Crippen LogP contribution is -1.93. The van der Waals surface area contributed by atoms with Gasteiger partial charge in [-0.25, -0.2) is 4.68 Å². The number of aromatic nitrogens is 3. The quantitative estimate of drug-likeness (QED) is 0.686. The standard InChI is InChI=1S/C17H12N4/c18-10-4-5-15-13-21(16-6-2-1-3-7-16)20-17(15)14-8-11-19-12-9-14/h1-9,11-13H. The van der Waals surface area contributed by atoms with Crippen molar-refractivity contribution in [3.63, 3.8) is 0 Å². The van der Waals surface area contributed by atoms with Crippen LogP contribution in [0, 0.1) is 11.3 Å². The highest BCUT2D eigenvalue weighted by Gasteiger charge is 2.09. The Morgan fingerprint density at radius 1 is 1.05 bits per heavy atom. The topological polar surface area (TPSA) is 54.5 Å². The number of pyridine rings is 1. The van der Waals surface area contributed by atoms with Crippen LogP contribution >= 0.6 is 0 Å². The van der Waals surface area contributed by atoms with Crippen LogP contribution in [-0.2, 0) is 0 Å². The van der Waals surface area contributed by atoms with Crippen LogP contribution in [0.5, 0.6) is 0 Å². The first kappa shape index (κ1) is 12.8. The number of rotatable bonds is 3. The van der Waals surface area contributed by atoms with Crippen molar-refractivity contribution in [1.82, 2.24) is 14.8 Å². The molecule has 0 saturated carbocycles. The minimum absolute atomic E-state index is 0.827. The number of hydrogen-bond donors (Lipinski definition) is 0. The summed E-state index contributed by atoms with van der Waals surface area (Å²) in [5.41, 5.74) is 3.67. The average molecular weight is 272 g/mol. The monoisotopic (exact) mass is 272 g/mol. The normalized spacial score (nSPS) is 10.6. The summed E-state index contributed by atoms with van der Waals surface area (Å²) in [6, 6.07) is 15.7. The molecule has 3 aromatic rings. The van der Waals surface area contributed by atoms with E-state index < -0.39 is 0 Å². The molecule has 21 heavy (non-hydrogen) atoms. The summed E-state index contributed by atoms with van der Waals surface area (Å²) < 4.78 is 1.81. The van der Waals surface area contributed by atoms with Crippen molar-refractivity contribution < 1.29 is 0 Å². The zero-order valence-electron chi connectivity index (χ0n) is 11.2. The zero-order chi connectivity index (χ0) is 14.5. The Balaban J connectivity index is 2.12. The number of allylic oxidation sites excluding steroid dienone is 1. The maximum Gasteiger partial charge on any atom is 0.100 e. The number of nitrogens with zero attached hydrogens (tertiary/aromatic N) is 4. The van der Waals surface area contributed by atoms with Gasteiger partial charge >= 0.3 is 0 Å². The van der Waals surface area contributed by atoms with Gasteiger partial charge in [0.15, 0.2) is 0 Å². The minimum atomic E-state index is 0.827. The molecule has 4 nitrogen and oxygen atoms in total. The first-order valence-electron chi connectivity index (χ1n) is 6.50. The van der Waals surface area contributed by atoms with Gasteiger partial charge in [0, 0.05) is 35.8 Å². The highest BCUT2D eigenvalue weighted by Crippen LogP contribution is 2.24. The fourth-order valence-electron chi connectivity index (χ4n) is 2.08. The second-order valence-electron chi connectivity index (χ2n) is 4.41. The second-order valence-corrected chi connectivity index (χ2v) is 4.41. The van der Waals surface area contributed by atoms with Crippen LogP contribution < -0.4 is 0 Å². The van der Waals surface area contributed by atoms with Gasteiger partial charge in [0.2, 0.25) is 0 Å². The highest BCUT2D eigenvalue weighted by atomic mass is 15.3. The predicted molar refractivity (Wildman–Crippen MR) is 81.4 cm³/mol. The summed E-state index contributed by atoms with van der Waals surface area (Å²) >= 11 is 0. The molecule has 0 fully saturated rings. The third-order valence-electron chi connectivity index (χ3n) is 3.05. The Morgan fingerprint density at radius 3 is 2.52 bits per heavy atom. The van der Waals surface area contributed by atoms with Gasteiger partial charge in [-0.05, 0) is 30.3 Å². The third kappa shape index (κ3) is 2.72. The molecule has 0 atom stereocenters. The molecular formula is C17H12N4. The van der Waals surface area contributed by atoms with Crippen molar-refractivity contribution >= 4 is 6.08 Å². The van der Waals surface area contributed by atoms with Crippen molar-refractivity contribution in [2.24, 2.45) is 0 Å². The molecule has 0 aliphatic rings. The van der Waals surface area contributed by atoms with Gasteiger partial charge < -0.3 is 0 Å². The molecular weight excluding hydrogens is 260 g/mol. The van der Waals surface area contributed by atoms with Gasteiger partial charge in [0.1, 0.15) is 5.69 Å². The lowest BCUT2D eigenvalue weighted by molar-refractivity contribution is 0.884. The highest BCUT2D eigenvalue weighted by molar-refractivity contribution is 5.72. The Hall–Kier alpha value is -3.19. The summed E-state index contributed by atoms with van der Waals surface area (Å²) in [5, 5.41) is 13.4. The van der Waals surface area contributed by atoms with E-state index in [1.165, 1.54) is 6.08 Å². The molecule has 0 bridgehead atoms. The van der Waals surface area contributed by atoms with E-state index in [4.69, 9.17) is 5.26 Å². The fraction of sp³-hybridized carbons (Fsp3) is 0. The largest absolute Gasteiger partial charge is 0.265 e. The molecule has 0 N–H and O–H groups in total. The molecule has 0 saturated heterocycles. The van der Waals surface area contributed by atoms with Crippen molar-refractivity contribution in [2.45, 2.75) is 0 Å². The molecule has 1 aromatic carbocycles. The van der Waals surface area contributed by atoms with E-state index in [0.29, 0.717) is 0 Å². The maximum atomic E-state index is 8.74. The molecule has 3 rings (SSSR count). The van der Waals surface area contributed by atoms with E-state index in [1.54, 1.807) is 18.5 Å². The molecule has 100 valence electrons. The van der Waals surface area contributed by atoms with Crippen LogP contribution in [0.2, 0.25) is 0 Å². The maximum absolute atomic E-state index is 8.74. The van der Waals surface area contributed by atoms with Crippen molar-refractivity contribution in [2.75, 3.05) is 0 Å². The lowest BCUT2D eigenvalue weighted by Gasteiger charge is -1.99. The number of hydrogen-bond acceptors (Lipinski definition) is 3. The number of para-hydroxylation sites is 1. The molecule has 0 amide bonds. The summed E-state index contributed by atoms with van der Waals surface area (Å²) in [6.45, 7) is 0. The second kappa shape index (κ2) is 5.85. The van der Waals surface area contributed by atoms with Gasteiger partial charge in [0.05, 0.1) is 11.8 Å². The van der Waals surface area contributed by atoms with Gasteiger partial charge in [-0.15, -0.1) is 0 Å². The first-order valence-corrected chi connectivity index (χ1v) is 6.50. The van der Waals surface area contributed by atoms with E-state index in [9.17, 15) is 0 Å². The minimum Gasteiger partial charge on any atom is -0.265 e. The predicted octanol–water partition coefficient (Wildman–Crippen LogP) is 3.47. The zero-order valence-corrected chi connectivity index (χ0v) is 11.2. The van der Waals surface area contributed by atoms with Crippen LogP contribution in [0.15, 0.2) is 67.1 Å². The van der Waals surface area contributed by atoms with E-state index >= 15 is 0 Å². The van der Waals surface area contributed by atoms with E-state index in [-0.39, 0.29) is 0 Å². The van der Waals surface area contributed by atoms with Crippen LogP contribution in [0.1, 0.15) is 5.56 Å². The Labute approximate surface area is 122 Å². The van der Waals surface area contributed by atoms with Gasteiger partial charge in [-0.2, -0.15) is 10.4 Å². The first-order chi connectivity index (χ1) is 10.4. The van der Waals surface area contributed by atoms with Gasteiger partial charge in [-0.3, -0.25) is 4.98 Å². The van der Waals surface area contributed by atoms with Crippen LogP contribution in [-0.4, -0.2) is 14.8 Å². The molecule has 0 unspecified atom stereocenters. The molecule has 0 aliphatic heterocycles. The SMILES string of the molecule is N#CC=Cc1cn(-c2ccccc2)nc1-c1ccncc1. The van der Waals surface area contributed by atoms with E-state index in [1.807, 2.05) is 59.4 Å². The lowest BCUT2D eigenvalue weighted by atomic mass is 10.1. The molecule has 0 aliphatic carbocycles. The Morgan fingerprint density at radius 2 is 1.81 bits per heavy atom. The average Bonchev–Trinajstić information content (AvgIpc) is 2.99.